The molecule has 8 N–H and O–H groups in total. The maximum atomic E-state index is 11.5. The Morgan fingerprint density at radius 1 is 0.818 bits per heavy atom. The van der Waals surface area contributed by atoms with Crippen LogP contribution in [0.4, 0.5) is 11.4 Å². The van der Waals surface area contributed by atoms with Crippen molar-refractivity contribution in [3.8, 4) is 0 Å². The van der Waals surface area contributed by atoms with E-state index in [0.717, 1.165) is 27.7 Å². The van der Waals surface area contributed by atoms with Crippen LogP contribution in [-0.4, -0.2) is 57.8 Å². The van der Waals surface area contributed by atoms with Crippen molar-refractivity contribution >= 4 is 62.2 Å². The number of benzene rings is 3. The summed E-state index contributed by atoms with van der Waals surface area (Å²) in [4.78, 5) is 47.9. The molecule has 6 aromatic rings. The van der Waals surface area contributed by atoms with Crippen molar-refractivity contribution < 1.29 is 23.9 Å². The molecule has 7 rings (SSSR count). The van der Waals surface area contributed by atoms with Crippen LogP contribution >= 0.6 is 0 Å². The highest BCUT2D eigenvalue weighted by atomic mass is 16.5. The largest absolute Gasteiger partial charge is 0.465 e. The summed E-state index contributed by atoms with van der Waals surface area (Å²) in [7, 11) is 2.68. The summed E-state index contributed by atoms with van der Waals surface area (Å²) >= 11 is 0. The fraction of sp³-hybridized carbons (Fsp3) is 0.0690. The number of nitrogens with zero attached hydrogens (tertiary/aromatic N) is 3. The average Bonchev–Trinajstić information content (AvgIpc) is 3.81. The molecule has 224 valence electrons. The Morgan fingerprint density at radius 3 is 2.25 bits per heavy atom. The third-order valence-corrected chi connectivity index (χ3v) is 6.36. The van der Waals surface area contributed by atoms with Gasteiger partial charge in [0.2, 0.25) is 0 Å². The highest BCUT2D eigenvalue weighted by Gasteiger charge is 2.15. The molecule has 0 aliphatic carbocycles. The summed E-state index contributed by atoms with van der Waals surface area (Å²) in [5.74, 6) is 7.22. The maximum Gasteiger partial charge on any atom is 0.338 e. The Kier molecular flexibility index (Phi) is 9.87. The van der Waals surface area contributed by atoms with E-state index in [1.54, 1.807) is 36.5 Å². The first kappa shape index (κ1) is 30.8. The molecule has 4 heterocycles. The molecule has 3 aromatic heterocycles. The number of fused-ring (bicyclic) bond motifs is 2. The number of carbonyl (C=O) groups is 3. The monoisotopic (exact) mass is 597 g/mol. The predicted molar refractivity (Wildman–Crippen MR) is 164 cm³/mol. The van der Waals surface area contributed by atoms with Crippen molar-refractivity contribution in [2.75, 3.05) is 25.1 Å². The smallest absolute Gasteiger partial charge is 0.338 e. The molecule has 0 atom stereocenters. The van der Waals surface area contributed by atoms with Gasteiger partial charge in [-0.3, -0.25) is 31.8 Å². The van der Waals surface area contributed by atoms with Gasteiger partial charge >= 0.3 is 11.9 Å². The van der Waals surface area contributed by atoms with Gasteiger partial charge in [0.25, 0.3) is 5.56 Å². The van der Waals surface area contributed by atoms with E-state index in [1.165, 1.54) is 20.4 Å². The lowest BCUT2D eigenvalue weighted by Gasteiger charge is -2.00. The second kappa shape index (κ2) is 14.1. The van der Waals surface area contributed by atoms with Gasteiger partial charge < -0.3 is 19.9 Å². The third kappa shape index (κ3) is 6.18. The van der Waals surface area contributed by atoms with Crippen LogP contribution < -0.4 is 28.1 Å². The topological polar surface area (TPSA) is 233 Å². The Hall–Kier alpha value is -6.19. The highest BCUT2D eigenvalue weighted by molar-refractivity contribution is 6.09. The first-order valence-electron chi connectivity index (χ1n) is 12.8. The van der Waals surface area contributed by atoms with Gasteiger partial charge in [-0.25, -0.2) is 9.59 Å². The summed E-state index contributed by atoms with van der Waals surface area (Å²) in [5.41, 5.74) is 9.98. The van der Waals surface area contributed by atoms with E-state index >= 15 is 0 Å². The van der Waals surface area contributed by atoms with Crippen LogP contribution in [0.1, 0.15) is 31.2 Å². The number of methoxy groups -OCH3 is 2. The Bertz CT molecular complexity index is 2020. The summed E-state index contributed by atoms with van der Waals surface area (Å²) in [5, 5.41) is 16.5. The lowest BCUT2D eigenvalue weighted by atomic mass is 10.1. The molecule has 0 radical (unpaired) electrons. The normalized spacial score (nSPS) is 10.5. The van der Waals surface area contributed by atoms with Gasteiger partial charge in [-0.2, -0.15) is 10.2 Å². The fourth-order valence-corrected chi connectivity index (χ4v) is 4.44. The van der Waals surface area contributed by atoms with Gasteiger partial charge in [0.1, 0.15) is 5.69 Å². The van der Waals surface area contributed by atoms with Crippen LogP contribution in [0, 0.1) is 0 Å². The van der Waals surface area contributed by atoms with Crippen LogP contribution in [0.15, 0.2) is 77.9 Å². The summed E-state index contributed by atoms with van der Waals surface area (Å²) < 4.78 is 9.28. The Morgan fingerprint density at radius 2 is 1.50 bits per heavy atom. The third-order valence-electron chi connectivity index (χ3n) is 6.36. The number of H-pyrrole nitrogens is 2. The molecule has 1 aliphatic rings. The summed E-state index contributed by atoms with van der Waals surface area (Å²) in [6.45, 7) is 0. The number of esters is 2. The molecule has 0 bridgehead atoms. The lowest BCUT2D eigenvalue weighted by molar-refractivity contribution is 0.0594. The van der Waals surface area contributed by atoms with Crippen molar-refractivity contribution in [3.63, 3.8) is 0 Å². The van der Waals surface area contributed by atoms with Crippen LogP contribution in [0.3, 0.4) is 0 Å². The number of nitrogens with one attached hydrogen (secondary N) is 4. The first-order valence-corrected chi connectivity index (χ1v) is 12.8. The molecule has 0 amide bonds. The minimum absolute atomic E-state index is 0.283. The van der Waals surface area contributed by atoms with Crippen molar-refractivity contribution in [2.45, 2.75) is 0 Å². The standard InChI is InChI=1S/C10H8N2O3.C10H9NO2.C9H6N4O.H4N2/c1-15-10(14)6-3-2-4-7-9(6)8(5-13)12-11-7;1-13-10(12)8-3-2-4-9-7(8)5-6-11-9;14-9-5-2-1-3-6-8(5)7(12-11-6)4-10-13-9;1-2/h2-5H,1H3,(H,11,12);2-6,11H,1H3;1-4,11-12H;1-2H2. The lowest BCUT2D eigenvalue weighted by Crippen LogP contribution is -2.04. The van der Waals surface area contributed by atoms with Gasteiger partial charge in [-0.05, 0) is 42.5 Å². The van der Waals surface area contributed by atoms with E-state index in [2.05, 4.69) is 57.4 Å². The van der Waals surface area contributed by atoms with E-state index in [-0.39, 0.29) is 17.2 Å². The number of nitrogens with two attached hydrogens (primary N) is 2. The molecular weight excluding hydrogens is 570 g/mol. The number of carbonyl (C=O) groups excluding carboxylic acids is 3. The molecule has 3 aromatic carbocycles. The zero-order valence-electron chi connectivity index (χ0n) is 23.5. The molecule has 0 saturated heterocycles. The molecule has 1 aliphatic heterocycles. The number of aromatic amines is 2. The minimum atomic E-state index is -0.481. The second-order valence-electron chi connectivity index (χ2n) is 8.72. The van der Waals surface area contributed by atoms with Gasteiger partial charge in [-0.15, -0.1) is 5.10 Å². The molecule has 15 nitrogen and oxygen atoms in total. The number of hydrogen-bond acceptors (Lipinski definition) is 13. The van der Waals surface area contributed by atoms with Crippen LogP contribution in [0.2, 0.25) is 0 Å². The maximum absolute atomic E-state index is 11.5. The van der Waals surface area contributed by atoms with Crippen molar-refractivity contribution in [1.82, 2.24) is 25.4 Å². The molecule has 0 fully saturated rings. The minimum Gasteiger partial charge on any atom is -0.465 e. The number of hydrogen-bond donors (Lipinski definition) is 6. The zero-order valence-corrected chi connectivity index (χ0v) is 23.5. The van der Waals surface area contributed by atoms with Gasteiger partial charge in [-0.1, -0.05) is 18.2 Å². The van der Waals surface area contributed by atoms with Crippen LogP contribution in [0.5, 0.6) is 0 Å². The second-order valence-corrected chi connectivity index (χ2v) is 8.72. The Balaban J connectivity index is 0.000000147. The van der Waals surface area contributed by atoms with Gasteiger partial charge in [0.15, 0.2) is 6.29 Å². The number of ether oxygens (including phenoxy) is 2. The molecular formula is C29H27N9O6. The zero-order chi connectivity index (χ0) is 31.6. The molecule has 0 spiro atoms. The van der Waals surface area contributed by atoms with Crippen LogP contribution in [-0.2, 0) is 9.47 Å². The molecule has 15 heteroatoms. The molecule has 0 saturated carbocycles. The van der Waals surface area contributed by atoms with Gasteiger partial charge in [0, 0.05) is 27.9 Å². The number of anilines is 2. The van der Waals surface area contributed by atoms with Crippen molar-refractivity contribution in [2.24, 2.45) is 11.7 Å². The van der Waals surface area contributed by atoms with E-state index in [0.29, 0.717) is 33.7 Å². The number of hydrazine groups is 2. The van der Waals surface area contributed by atoms with E-state index in [4.69, 9.17) is 0 Å². The van der Waals surface area contributed by atoms with Crippen molar-refractivity contribution in [1.29, 1.82) is 0 Å². The molecule has 0 unspecified atom stereocenters. The van der Waals surface area contributed by atoms with Crippen LogP contribution in [0.25, 0.3) is 32.6 Å². The number of aldehydes is 1. The van der Waals surface area contributed by atoms with E-state index in [9.17, 15) is 19.2 Å². The highest BCUT2D eigenvalue weighted by Crippen LogP contribution is 2.31. The SMILES string of the molecule is COC(=O)c1cccc2[nH]ccc12.COC(=O)c1cccc2n[nH]c(C=O)c12.NN.O=c1nncc2c3c(cccc13)NN2. The van der Waals surface area contributed by atoms with E-state index in [1.807, 2.05) is 30.3 Å². The number of rotatable bonds is 3. The quantitative estimate of drug-likeness (QED) is 0.0746. The van der Waals surface area contributed by atoms with Gasteiger partial charge in [0.05, 0.1) is 53.8 Å². The molecule has 44 heavy (non-hydrogen) atoms. The van der Waals surface area contributed by atoms with E-state index < -0.39 is 5.97 Å². The first-order chi connectivity index (χ1) is 21.5. The summed E-state index contributed by atoms with van der Waals surface area (Å²) in [6, 6.07) is 17.8. The fourth-order valence-electron chi connectivity index (χ4n) is 4.44. The summed E-state index contributed by atoms with van der Waals surface area (Å²) in [6.07, 6.45) is 3.96. The average molecular weight is 598 g/mol. The predicted octanol–water partition coefficient (Wildman–Crippen LogP) is 2.68. The number of aromatic nitrogens is 5. The van der Waals surface area contributed by atoms with Crippen molar-refractivity contribution in [3.05, 3.63) is 100 Å². The Labute approximate surface area is 248 Å².